The van der Waals surface area contributed by atoms with Gasteiger partial charge in [0.25, 0.3) is 0 Å². The summed E-state index contributed by atoms with van der Waals surface area (Å²) in [6.07, 6.45) is 7.76. The van der Waals surface area contributed by atoms with Gasteiger partial charge in [-0.1, -0.05) is 53.4 Å². The summed E-state index contributed by atoms with van der Waals surface area (Å²) < 4.78 is 0. The molecule has 0 radical (unpaired) electrons. The Morgan fingerprint density at radius 3 is 2.00 bits per heavy atom. The summed E-state index contributed by atoms with van der Waals surface area (Å²) in [4.78, 5) is 10.8. The average Bonchev–Trinajstić information content (AvgIpc) is 2.20. The van der Waals surface area contributed by atoms with Crippen molar-refractivity contribution in [1.82, 2.24) is 0 Å². The molecule has 0 fully saturated rings. The molecule has 0 N–H and O–H groups in total. The average molecular weight is 188 g/mol. The summed E-state index contributed by atoms with van der Waals surface area (Å²) in [6, 6.07) is 0. The normalized spacial score (nSPS) is 8.92. The highest BCUT2D eigenvalue weighted by Crippen LogP contribution is 2.05. The van der Waals surface area contributed by atoms with E-state index in [-0.39, 0.29) is 1.43 Å². The fourth-order valence-electron chi connectivity index (χ4n) is 1.10. The van der Waals surface area contributed by atoms with Gasteiger partial charge in [-0.15, -0.1) is 0 Å². The first-order chi connectivity index (χ1) is 6.31. The predicted octanol–water partition coefficient (Wildman–Crippen LogP) is 4.60. The molecule has 0 atom stereocenters. The van der Waals surface area contributed by atoms with Crippen LogP contribution in [0.2, 0.25) is 0 Å². The summed E-state index contributed by atoms with van der Waals surface area (Å²) in [6.45, 7) is 8.14. The lowest BCUT2D eigenvalue weighted by molar-refractivity contribution is -0.118. The Bertz CT molecular complexity index is 102. The second-order valence-corrected chi connectivity index (χ2v) is 3.06. The number of rotatable bonds is 7. The van der Waals surface area contributed by atoms with Crippen molar-refractivity contribution in [2.45, 2.75) is 72.6 Å². The third-order valence-electron chi connectivity index (χ3n) is 1.95. The molecule has 1 nitrogen and oxygen atoms in total. The van der Waals surface area contributed by atoms with Crippen LogP contribution in [0.4, 0.5) is 0 Å². The monoisotopic (exact) mass is 188 g/mol. The zero-order valence-electron chi connectivity index (χ0n) is 9.86. The molecule has 0 bridgehead atoms. The van der Waals surface area contributed by atoms with Crippen molar-refractivity contribution in [3.63, 3.8) is 0 Å². The van der Waals surface area contributed by atoms with Crippen LogP contribution in [0.15, 0.2) is 0 Å². The second-order valence-electron chi connectivity index (χ2n) is 3.06. The van der Waals surface area contributed by atoms with Gasteiger partial charge in [-0.3, -0.25) is 4.79 Å². The summed E-state index contributed by atoms with van der Waals surface area (Å²) in [5.41, 5.74) is 0. The van der Waals surface area contributed by atoms with E-state index < -0.39 is 0 Å². The van der Waals surface area contributed by atoms with Crippen molar-refractivity contribution in [3.8, 4) is 0 Å². The molecule has 13 heavy (non-hydrogen) atoms. The van der Waals surface area contributed by atoms with Crippen molar-refractivity contribution >= 4 is 5.78 Å². The quantitative estimate of drug-likeness (QED) is 0.534. The van der Waals surface area contributed by atoms with Gasteiger partial charge in [-0.2, -0.15) is 0 Å². The Labute approximate surface area is 85.4 Å². The molecule has 0 unspecified atom stereocenters. The minimum absolute atomic E-state index is 0. The van der Waals surface area contributed by atoms with Crippen LogP contribution in [0.3, 0.4) is 0 Å². The van der Waals surface area contributed by atoms with Crippen molar-refractivity contribution < 1.29 is 6.22 Å². The van der Waals surface area contributed by atoms with Crippen LogP contribution in [0.1, 0.15) is 74.1 Å². The molecule has 0 aliphatic heterocycles. The number of carbonyl (C=O) groups is 1. The highest BCUT2D eigenvalue weighted by molar-refractivity contribution is 5.77. The van der Waals surface area contributed by atoms with Gasteiger partial charge in [-0.05, 0) is 6.42 Å². The molecule has 0 aromatic rings. The minimum Gasteiger partial charge on any atom is -0.300 e. The molecule has 0 aromatic heterocycles. The standard InChI is InChI=1S/C10H20O.C2H6.H2/c1-3-5-6-7-8-9-10(11)4-2;1-2;/h3-9H2,1-2H3;1-2H3;1H. The zero-order valence-corrected chi connectivity index (χ0v) is 9.86. The lowest BCUT2D eigenvalue weighted by Gasteiger charge is -1.97. The minimum atomic E-state index is 0. The van der Waals surface area contributed by atoms with Crippen LogP contribution >= 0.6 is 0 Å². The number of hydrogen-bond donors (Lipinski definition) is 0. The maximum Gasteiger partial charge on any atom is 0.132 e. The Morgan fingerprint density at radius 2 is 1.54 bits per heavy atom. The maximum atomic E-state index is 10.8. The largest absolute Gasteiger partial charge is 0.300 e. The van der Waals surface area contributed by atoms with E-state index in [1.807, 2.05) is 20.8 Å². The van der Waals surface area contributed by atoms with E-state index in [9.17, 15) is 4.79 Å². The number of hydrogen-bond acceptors (Lipinski definition) is 1. The van der Waals surface area contributed by atoms with E-state index in [4.69, 9.17) is 0 Å². The first-order valence-electron chi connectivity index (χ1n) is 5.83. The molecule has 0 heterocycles. The van der Waals surface area contributed by atoms with E-state index >= 15 is 0 Å². The van der Waals surface area contributed by atoms with E-state index in [0.717, 1.165) is 12.8 Å². The van der Waals surface area contributed by atoms with Crippen molar-refractivity contribution in [2.75, 3.05) is 0 Å². The second kappa shape index (κ2) is 14.2. The number of unbranched alkanes of at least 4 members (excludes halogenated alkanes) is 4. The Morgan fingerprint density at radius 1 is 1.00 bits per heavy atom. The lowest BCUT2D eigenvalue weighted by Crippen LogP contribution is -1.93. The van der Waals surface area contributed by atoms with E-state index in [0.29, 0.717) is 12.2 Å². The topological polar surface area (TPSA) is 17.1 Å². The summed E-state index contributed by atoms with van der Waals surface area (Å²) in [7, 11) is 0. The van der Waals surface area contributed by atoms with Gasteiger partial charge < -0.3 is 0 Å². The van der Waals surface area contributed by atoms with Crippen LogP contribution in [-0.2, 0) is 4.79 Å². The molecule has 0 amide bonds. The molecular formula is C12H28O. The first kappa shape index (κ1) is 15.2. The predicted molar refractivity (Wildman–Crippen MR) is 62.1 cm³/mol. The Hall–Kier alpha value is -0.330. The summed E-state index contributed by atoms with van der Waals surface area (Å²) in [5.74, 6) is 0.418. The molecule has 0 aliphatic rings. The molecule has 82 valence electrons. The molecule has 0 saturated carbocycles. The van der Waals surface area contributed by atoms with Crippen molar-refractivity contribution in [2.24, 2.45) is 0 Å². The smallest absolute Gasteiger partial charge is 0.132 e. The molecule has 0 spiro atoms. The third-order valence-corrected chi connectivity index (χ3v) is 1.95. The van der Waals surface area contributed by atoms with Crippen LogP contribution in [-0.4, -0.2) is 5.78 Å². The molecule has 0 rings (SSSR count). The van der Waals surface area contributed by atoms with Crippen LogP contribution in [0.25, 0.3) is 0 Å². The Kier molecular flexibility index (Phi) is 16.6. The van der Waals surface area contributed by atoms with Crippen molar-refractivity contribution in [3.05, 3.63) is 0 Å². The SMILES string of the molecule is CC.CCCCCCCC(=O)CC.[HH]. The summed E-state index contributed by atoms with van der Waals surface area (Å²) in [5, 5.41) is 0. The number of Topliss-reactive ketones (excluding diaryl/α,β-unsaturated/α-hetero) is 1. The van der Waals surface area contributed by atoms with E-state index in [1.54, 1.807) is 0 Å². The highest BCUT2D eigenvalue weighted by atomic mass is 16.1. The molecule has 1 heteroatoms. The maximum absolute atomic E-state index is 10.8. The summed E-state index contributed by atoms with van der Waals surface area (Å²) >= 11 is 0. The number of ketones is 1. The van der Waals surface area contributed by atoms with E-state index in [1.165, 1.54) is 25.7 Å². The van der Waals surface area contributed by atoms with Crippen LogP contribution in [0, 0.1) is 0 Å². The molecule has 0 saturated heterocycles. The molecular weight excluding hydrogens is 160 g/mol. The molecule has 0 aliphatic carbocycles. The van der Waals surface area contributed by atoms with Crippen LogP contribution in [0.5, 0.6) is 0 Å². The van der Waals surface area contributed by atoms with Gasteiger partial charge in [-0.25, -0.2) is 0 Å². The third kappa shape index (κ3) is 14.5. The van der Waals surface area contributed by atoms with Crippen molar-refractivity contribution in [1.29, 1.82) is 0 Å². The fraction of sp³-hybridized carbons (Fsp3) is 0.917. The highest BCUT2D eigenvalue weighted by Gasteiger charge is 1.96. The van der Waals surface area contributed by atoms with Gasteiger partial charge in [0.2, 0.25) is 0 Å². The Balaban J connectivity index is -0.000000376. The van der Waals surface area contributed by atoms with Gasteiger partial charge in [0, 0.05) is 14.3 Å². The van der Waals surface area contributed by atoms with Gasteiger partial charge in [0.15, 0.2) is 0 Å². The van der Waals surface area contributed by atoms with Gasteiger partial charge in [0.05, 0.1) is 0 Å². The van der Waals surface area contributed by atoms with Gasteiger partial charge >= 0.3 is 0 Å². The number of carbonyl (C=O) groups excluding carboxylic acids is 1. The fourth-order valence-corrected chi connectivity index (χ4v) is 1.10. The molecule has 0 aromatic carbocycles. The zero-order chi connectivity index (χ0) is 10.5. The van der Waals surface area contributed by atoms with E-state index in [2.05, 4.69) is 6.92 Å². The van der Waals surface area contributed by atoms with Crippen LogP contribution < -0.4 is 0 Å². The van der Waals surface area contributed by atoms with Gasteiger partial charge in [0.1, 0.15) is 5.78 Å². The lowest BCUT2D eigenvalue weighted by atomic mass is 10.1. The first-order valence-corrected chi connectivity index (χ1v) is 5.83.